The summed E-state index contributed by atoms with van der Waals surface area (Å²) in [5, 5.41) is 2.82. The second-order valence-corrected chi connectivity index (χ2v) is 7.24. The van der Waals surface area contributed by atoms with E-state index in [4.69, 9.17) is 4.74 Å². The van der Waals surface area contributed by atoms with Crippen LogP contribution < -0.4 is 5.32 Å². The number of alkyl carbamates (subject to hydrolysis) is 1. The number of ether oxygens (including phenoxy) is 1. The molecule has 1 rings (SSSR count). The summed E-state index contributed by atoms with van der Waals surface area (Å²) in [6, 6.07) is -0.0100. The summed E-state index contributed by atoms with van der Waals surface area (Å²) in [5.74, 6) is 0. The Morgan fingerprint density at radius 3 is 2.60 bits per heavy atom. The molecule has 2 unspecified atom stereocenters. The van der Waals surface area contributed by atoms with Crippen LogP contribution in [0.2, 0.25) is 0 Å². The second-order valence-electron chi connectivity index (χ2n) is 7.24. The molecule has 1 amide bonds. The highest BCUT2D eigenvalue weighted by Gasteiger charge is 2.41. The molecule has 1 saturated carbocycles. The quantitative estimate of drug-likeness (QED) is 0.636. The van der Waals surface area contributed by atoms with E-state index in [2.05, 4.69) is 31.1 Å². The molecule has 0 aliphatic heterocycles. The SMILES string of the molecule is CC(C)OC(=O)NCC1(C)CC(N=C=O)CC(C)(C)C1. The number of nitrogens with one attached hydrogen (secondary N) is 1. The maximum Gasteiger partial charge on any atom is 0.407 e. The van der Waals surface area contributed by atoms with Gasteiger partial charge in [-0.1, -0.05) is 20.8 Å². The molecule has 20 heavy (non-hydrogen) atoms. The highest BCUT2D eigenvalue weighted by Crippen LogP contribution is 2.46. The van der Waals surface area contributed by atoms with Crippen LogP contribution in [0.4, 0.5) is 4.79 Å². The fourth-order valence-electron chi connectivity index (χ4n) is 3.42. The van der Waals surface area contributed by atoms with Crippen molar-refractivity contribution in [3.8, 4) is 0 Å². The van der Waals surface area contributed by atoms with E-state index in [-0.39, 0.29) is 29.1 Å². The minimum absolute atomic E-state index is 0.0100. The smallest absolute Gasteiger partial charge is 0.407 e. The van der Waals surface area contributed by atoms with Gasteiger partial charge in [-0.15, -0.1) is 0 Å². The van der Waals surface area contributed by atoms with Gasteiger partial charge in [-0.3, -0.25) is 0 Å². The molecular formula is C15H26N2O3. The zero-order chi connectivity index (χ0) is 15.4. The number of amides is 1. The largest absolute Gasteiger partial charge is 0.447 e. The third kappa shape index (κ3) is 5.33. The summed E-state index contributed by atoms with van der Waals surface area (Å²) in [5.41, 5.74) is 0.0183. The number of isocyanates is 1. The number of aliphatic imine (C=N–C) groups is 1. The van der Waals surface area contributed by atoms with Gasteiger partial charge >= 0.3 is 6.09 Å². The summed E-state index contributed by atoms with van der Waals surface area (Å²) in [6.07, 6.45) is 3.80. The topological polar surface area (TPSA) is 67.8 Å². The van der Waals surface area contributed by atoms with E-state index in [0.717, 1.165) is 19.3 Å². The standard InChI is InChI=1S/C15H26N2O3/c1-11(2)20-13(19)16-9-15(5)7-12(17-10-18)6-14(3,4)8-15/h11-12H,6-9H2,1-5H3,(H,16,19). The van der Waals surface area contributed by atoms with Gasteiger partial charge in [0.15, 0.2) is 0 Å². The Balaban J connectivity index is 2.65. The summed E-state index contributed by atoms with van der Waals surface area (Å²) in [6.45, 7) is 10.6. The fourth-order valence-corrected chi connectivity index (χ4v) is 3.42. The lowest BCUT2D eigenvalue weighted by Crippen LogP contribution is -2.45. The van der Waals surface area contributed by atoms with Crippen LogP contribution >= 0.6 is 0 Å². The average Bonchev–Trinajstić information content (AvgIpc) is 2.23. The Hall–Kier alpha value is -1.35. The molecule has 0 spiro atoms. The van der Waals surface area contributed by atoms with Crippen molar-refractivity contribution >= 4 is 12.2 Å². The van der Waals surface area contributed by atoms with Crippen molar-refractivity contribution in [2.45, 2.75) is 66.0 Å². The van der Waals surface area contributed by atoms with Crippen LogP contribution in [-0.2, 0) is 9.53 Å². The Morgan fingerprint density at radius 2 is 2.05 bits per heavy atom. The Bertz CT molecular complexity index is 400. The molecule has 114 valence electrons. The molecule has 1 N–H and O–H groups in total. The van der Waals surface area contributed by atoms with E-state index >= 15 is 0 Å². The number of rotatable bonds is 4. The van der Waals surface area contributed by atoms with Crippen LogP contribution in [-0.4, -0.2) is 30.9 Å². The van der Waals surface area contributed by atoms with Crippen LogP contribution in [0.25, 0.3) is 0 Å². The molecule has 0 heterocycles. The van der Waals surface area contributed by atoms with Gasteiger partial charge in [-0.25, -0.2) is 14.6 Å². The first-order valence-electron chi connectivity index (χ1n) is 7.17. The third-order valence-electron chi connectivity index (χ3n) is 3.66. The Labute approximate surface area is 121 Å². The van der Waals surface area contributed by atoms with Gasteiger partial charge in [-0.2, -0.15) is 0 Å². The molecule has 1 fully saturated rings. The van der Waals surface area contributed by atoms with Crippen molar-refractivity contribution < 1.29 is 14.3 Å². The second kappa shape index (κ2) is 6.40. The van der Waals surface area contributed by atoms with Crippen LogP contribution in [0.15, 0.2) is 4.99 Å². The molecular weight excluding hydrogens is 256 g/mol. The Morgan fingerprint density at radius 1 is 1.40 bits per heavy atom. The van der Waals surface area contributed by atoms with E-state index in [1.54, 1.807) is 6.08 Å². The number of hydrogen-bond acceptors (Lipinski definition) is 4. The van der Waals surface area contributed by atoms with Gasteiger partial charge in [0.05, 0.1) is 12.1 Å². The van der Waals surface area contributed by atoms with Crippen molar-refractivity contribution in [3.63, 3.8) is 0 Å². The van der Waals surface area contributed by atoms with Crippen LogP contribution in [0.1, 0.15) is 53.9 Å². The summed E-state index contributed by atoms with van der Waals surface area (Å²) in [4.78, 5) is 26.0. The maximum atomic E-state index is 11.6. The van der Waals surface area contributed by atoms with Crippen molar-refractivity contribution in [1.82, 2.24) is 5.32 Å². The number of hydrogen-bond donors (Lipinski definition) is 1. The maximum absolute atomic E-state index is 11.6. The number of carbonyl (C=O) groups excluding carboxylic acids is 2. The molecule has 0 aromatic rings. The van der Waals surface area contributed by atoms with Crippen LogP contribution in [0, 0.1) is 10.8 Å². The van der Waals surface area contributed by atoms with E-state index in [9.17, 15) is 9.59 Å². The molecule has 1 aliphatic rings. The van der Waals surface area contributed by atoms with Crippen LogP contribution in [0.5, 0.6) is 0 Å². The predicted octanol–water partition coefficient (Wildman–Crippen LogP) is 3.04. The van der Waals surface area contributed by atoms with Gasteiger partial charge in [0.2, 0.25) is 6.08 Å². The van der Waals surface area contributed by atoms with Gasteiger partial charge in [-0.05, 0) is 43.9 Å². The minimum Gasteiger partial charge on any atom is -0.447 e. The van der Waals surface area contributed by atoms with E-state index in [1.807, 2.05) is 13.8 Å². The lowest BCUT2D eigenvalue weighted by Gasteiger charge is -2.45. The van der Waals surface area contributed by atoms with Crippen LogP contribution in [0.3, 0.4) is 0 Å². The summed E-state index contributed by atoms with van der Waals surface area (Å²) >= 11 is 0. The average molecular weight is 282 g/mol. The minimum atomic E-state index is -0.389. The number of carbonyl (C=O) groups is 1. The zero-order valence-corrected chi connectivity index (χ0v) is 13.2. The van der Waals surface area contributed by atoms with E-state index < -0.39 is 0 Å². The molecule has 0 aromatic heterocycles. The molecule has 5 nitrogen and oxygen atoms in total. The lowest BCUT2D eigenvalue weighted by atomic mass is 9.63. The van der Waals surface area contributed by atoms with Gasteiger partial charge in [0.25, 0.3) is 0 Å². The predicted molar refractivity (Wildman–Crippen MR) is 77.3 cm³/mol. The van der Waals surface area contributed by atoms with Gasteiger partial charge < -0.3 is 10.1 Å². The Kier molecular flexibility index (Phi) is 5.35. The normalized spacial score (nSPS) is 28.6. The summed E-state index contributed by atoms with van der Waals surface area (Å²) < 4.78 is 5.08. The first kappa shape index (κ1) is 16.7. The molecule has 0 bridgehead atoms. The lowest BCUT2D eigenvalue weighted by molar-refractivity contribution is 0.0732. The van der Waals surface area contributed by atoms with Gasteiger partial charge in [0, 0.05) is 6.54 Å². The van der Waals surface area contributed by atoms with Gasteiger partial charge in [0.1, 0.15) is 0 Å². The van der Waals surface area contributed by atoms with Crippen molar-refractivity contribution in [1.29, 1.82) is 0 Å². The third-order valence-corrected chi connectivity index (χ3v) is 3.66. The molecule has 5 heteroatoms. The number of nitrogens with zero attached hydrogens (tertiary/aromatic N) is 1. The monoisotopic (exact) mass is 282 g/mol. The van der Waals surface area contributed by atoms with Crippen molar-refractivity contribution in [3.05, 3.63) is 0 Å². The fraction of sp³-hybridized carbons (Fsp3) is 0.867. The van der Waals surface area contributed by atoms with Crippen molar-refractivity contribution in [2.24, 2.45) is 15.8 Å². The first-order chi connectivity index (χ1) is 9.16. The molecule has 0 radical (unpaired) electrons. The van der Waals surface area contributed by atoms with E-state index in [1.165, 1.54) is 0 Å². The molecule has 1 aliphatic carbocycles. The molecule has 2 atom stereocenters. The molecule has 0 aromatic carbocycles. The zero-order valence-electron chi connectivity index (χ0n) is 13.2. The molecule has 0 saturated heterocycles. The highest BCUT2D eigenvalue weighted by atomic mass is 16.6. The first-order valence-corrected chi connectivity index (χ1v) is 7.17. The van der Waals surface area contributed by atoms with Crippen molar-refractivity contribution in [2.75, 3.05) is 6.54 Å². The highest BCUT2D eigenvalue weighted by molar-refractivity contribution is 5.67. The van der Waals surface area contributed by atoms with E-state index in [0.29, 0.717) is 6.54 Å². The summed E-state index contributed by atoms with van der Waals surface area (Å²) in [7, 11) is 0.